The fourth-order valence-electron chi connectivity index (χ4n) is 2.00. The molecule has 0 radical (unpaired) electrons. The van der Waals surface area contributed by atoms with Crippen molar-refractivity contribution >= 4 is 41.1 Å². The van der Waals surface area contributed by atoms with Gasteiger partial charge in [-0.05, 0) is 24.3 Å². The van der Waals surface area contributed by atoms with Crippen LogP contribution >= 0.6 is 11.6 Å². The number of rotatable bonds is 1. The fraction of sp³-hybridized carbons (Fsp3) is 0.0769. The number of anilines is 1. The number of allylic oxidation sites excluding steroid dienone is 1. The second-order valence-corrected chi connectivity index (χ2v) is 4.69. The summed E-state index contributed by atoms with van der Waals surface area (Å²) < 4.78 is 1.61. The molecule has 19 heavy (non-hydrogen) atoms. The van der Waals surface area contributed by atoms with Crippen LogP contribution in [0, 0.1) is 0 Å². The molecule has 0 saturated carbocycles. The molecule has 0 fully saturated rings. The Labute approximate surface area is 114 Å². The zero-order valence-electron chi connectivity index (χ0n) is 10.1. The zero-order valence-corrected chi connectivity index (χ0v) is 10.9. The monoisotopic (exact) mass is 274 g/mol. The highest BCUT2D eigenvalue weighted by Gasteiger charge is 2.16. The predicted octanol–water partition coefficient (Wildman–Crippen LogP) is 2.62. The Morgan fingerprint density at radius 2 is 2.21 bits per heavy atom. The predicted molar refractivity (Wildman–Crippen MR) is 76.8 cm³/mol. The van der Waals surface area contributed by atoms with Crippen LogP contribution in [0.5, 0.6) is 5.88 Å². The number of hydrogen-bond acceptors (Lipinski definition) is 4. The Morgan fingerprint density at radius 3 is 2.89 bits per heavy atom. The minimum atomic E-state index is -0.101. The smallest absolute Gasteiger partial charge is 0.238 e. The summed E-state index contributed by atoms with van der Waals surface area (Å²) in [5, 5.41) is 10.4. The zero-order chi connectivity index (χ0) is 13.6. The highest BCUT2D eigenvalue weighted by Crippen LogP contribution is 2.35. The second kappa shape index (κ2) is 4.13. The molecule has 0 saturated heterocycles. The number of fused-ring (bicyclic) bond motifs is 1. The van der Waals surface area contributed by atoms with Gasteiger partial charge in [-0.3, -0.25) is 4.99 Å². The Bertz CT molecular complexity index is 730. The van der Waals surface area contributed by atoms with Gasteiger partial charge in [0.05, 0.1) is 5.69 Å². The standard InChI is InChI=1S/C13H11ClN4O/c1-18-11(12(19)17-13(18)15)4-7-6-16-10-3-2-8(14)5-9(7)10/h2-6,19H,1H3,(H2,15,17). The maximum absolute atomic E-state index is 9.75. The number of nitrogens with zero attached hydrogens (tertiary/aromatic N) is 3. The lowest BCUT2D eigenvalue weighted by atomic mass is 10.1. The molecule has 1 aliphatic rings. The quantitative estimate of drug-likeness (QED) is 0.839. The van der Waals surface area contributed by atoms with Gasteiger partial charge in [0.2, 0.25) is 11.8 Å². The van der Waals surface area contributed by atoms with E-state index in [1.807, 2.05) is 12.1 Å². The minimum Gasteiger partial charge on any atom is -0.492 e. The van der Waals surface area contributed by atoms with Crippen molar-refractivity contribution in [1.82, 2.24) is 9.55 Å². The molecule has 3 N–H and O–H groups in total. The van der Waals surface area contributed by atoms with E-state index in [9.17, 15) is 5.11 Å². The van der Waals surface area contributed by atoms with Gasteiger partial charge in [-0.25, -0.2) is 0 Å². The van der Waals surface area contributed by atoms with Crippen LogP contribution in [-0.4, -0.2) is 20.9 Å². The van der Waals surface area contributed by atoms with Crippen molar-refractivity contribution in [2.24, 2.45) is 12.0 Å². The van der Waals surface area contributed by atoms with Crippen LogP contribution < -0.4 is 5.73 Å². The SMILES string of the molecule is Cn1c(N)nc(O)c1C=C1C=Nc2ccc(Cl)cc21. The van der Waals surface area contributed by atoms with Crippen molar-refractivity contribution in [3.05, 3.63) is 34.5 Å². The van der Waals surface area contributed by atoms with Crippen LogP contribution in [0.1, 0.15) is 11.3 Å². The third-order valence-corrected chi connectivity index (χ3v) is 3.29. The molecule has 5 nitrogen and oxygen atoms in total. The van der Waals surface area contributed by atoms with Crippen LogP contribution in [0.4, 0.5) is 11.6 Å². The number of aliphatic imine (C=N–C) groups is 1. The summed E-state index contributed by atoms with van der Waals surface area (Å²) in [6.07, 6.45) is 3.51. The van der Waals surface area contributed by atoms with Gasteiger partial charge < -0.3 is 15.4 Å². The van der Waals surface area contributed by atoms with Crippen LogP contribution in [0.3, 0.4) is 0 Å². The largest absolute Gasteiger partial charge is 0.492 e. The van der Waals surface area contributed by atoms with E-state index in [-0.39, 0.29) is 11.8 Å². The van der Waals surface area contributed by atoms with Crippen molar-refractivity contribution in [1.29, 1.82) is 0 Å². The Kier molecular flexibility index (Phi) is 2.57. The molecular weight excluding hydrogens is 264 g/mol. The summed E-state index contributed by atoms with van der Waals surface area (Å²) in [7, 11) is 1.74. The Balaban J connectivity index is 2.13. The van der Waals surface area contributed by atoms with Crippen molar-refractivity contribution < 1.29 is 5.11 Å². The summed E-state index contributed by atoms with van der Waals surface area (Å²) >= 11 is 5.99. The highest BCUT2D eigenvalue weighted by molar-refractivity contribution is 6.31. The van der Waals surface area contributed by atoms with Crippen LogP contribution in [0.15, 0.2) is 23.2 Å². The van der Waals surface area contributed by atoms with Crippen molar-refractivity contribution in [2.45, 2.75) is 0 Å². The van der Waals surface area contributed by atoms with Gasteiger partial charge in [-0.2, -0.15) is 4.98 Å². The minimum absolute atomic E-state index is 0.101. The van der Waals surface area contributed by atoms with Gasteiger partial charge in [-0.15, -0.1) is 0 Å². The summed E-state index contributed by atoms with van der Waals surface area (Å²) in [4.78, 5) is 8.10. The van der Waals surface area contributed by atoms with Crippen LogP contribution in [0.2, 0.25) is 5.02 Å². The van der Waals surface area contributed by atoms with Gasteiger partial charge in [0.25, 0.3) is 0 Å². The summed E-state index contributed by atoms with van der Waals surface area (Å²) in [5.41, 5.74) is 8.81. The van der Waals surface area contributed by atoms with Crippen molar-refractivity contribution in [2.75, 3.05) is 5.73 Å². The van der Waals surface area contributed by atoms with E-state index >= 15 is 0 Å². The Morgan fingerprint density at radius 1 is 1.42 bits per heavy atom. The van der Waals surface area contributed by atoms with E-state index in [0.717, 1.165) is 16.8 Å². The number of aromatic nitrogens is 2. The third-order valence-electron chi connectivity index (χ3n) is 3.06. The first kappa shape index (κ1) is 11.8. The molecule has 0 aliphatic carbocycles. The maximum atomic E-state index is 9.75. The lowest BCUT2D eigenvalue weighted by Crippen LogP contribution is -1.98. The lowest BCUT2D eigenvalue weighted by molar-refractivity contribution is 0.455. The first-order valence-electron chi connectivity index (χ1n) is 5.63. The van der Waals surface area contributed by atoms with Gasteiger partial charge in [0.15, 0.2) is 0 Å². The van der Waals surface area contributed by atoms with E-state index in [1.165, 1.54) is 0 Å². The number of nitrogen functional groups attached to an aromatic ring is 1. The molecule has 96 valence electrons. The van der Waals surface area contributed by atoms with Crippen LogP contribution in [0.25, 0.3) is 11.6 Å². The van der Waals surface area contributed by atoms with Crippen LogP contribution in [-0.2, 0) is 7.05 Å². The molecule has 1 aromatic carbocycles. The molecular formula is C13H11ClN4O. The second-order valence-electron chi connectivity index (χ2n) is 4.26. The molecule has 0 amide bonds. The van der Waals surface area contributed by atoms with E-state index in [2.05, 4.69) is 9.98 Å². The molecule has 0 bridgehead atoms. The Hall–Kier alpha value is -2.27. The number of benzene rings is 1. The number of hydrogen-bond donors (Lipinski definition) is 2. The third kappa shape index (κ3) is 1.88. The summed E-state index contributed by atoms with van der Waals surface area (Å²) in [6.45, 7) is 0. The molecule has 0 spiro atoms. The first-order valence-corrected chi connectivity index (χ1v) is 6.01. The average molecular weight is 275 g/mol. The molecule has 0 atom stereocenters. The normalized spacial score (nSPS) is 15.2. The molecule has 6 heteroatoms. The molecule has 3 rings (SSSR count). The van der Waals surface area contributed by atoms with Crippen molar-refractivity contribution in [3.63, 3.8) is 0 Å². The fourth-order valence-corrected chi connectivity index (χ4v) is 2.17. The van der Waals surface area contributed by atoms with Gasteiger partial charge in [0, 0.05) is 29.4 Å². The number of nitrogens with two attached hydrogens (primary N) is 1. The van der Waals surface area contributed by atoms with E-state index < -0.39 is 0 Å². The number of imidazole rings is 1. The average Bonchev–Trinajstić information content (AvgIpc) is 2.86. The summed E-state index contributed by atoms with van der Waals surface area (Å²) in [5.74, 6) is 0.155. The number of halogens is 1. The maximum Gasteiger partial charge on any atom is 0.238 e. The lowest BCUT2D eigenvalue weighted by Gasteiger charge is -2.02. The van der Waals surface area contributed by atoms with Gasteiger partial charge >= 0.3 is 0 Å². The molecule has 2 heterocycles. The van der Waals surface area contributed by atoms with Crippen molar-refractivity contribution in [3.8, 4) is 5.88 Å². The molecule has 1 aliphatic heterocycles. The van der Waals surface area contributed by atoms with E-state index in [1.54, 1.807) is 30.0 Å². The van der Waals surface area contributed by atoms with Gasteiger partial charge in [0.1, 0.15) is 5.69 Å². The van der Waals surface area contributed by atoms with E-state index in [0.29, 0.717) is 10.7 Å². The first-order chi connectivity index (χ1) is 9.06. The topological polar surface area (TPSA) is 76.4 Å². The van der Waals surface area contributed by atoms with Gasteiger partial charge in [-0.1, -0.05) is 11.6 Å². The number of aromatic hydroxyl groups is 1. The molecule has 2 aromatic rings. The molecule has 0 unspecified atom stereocenters. The van der Waals surface area contributed by atoms with E-state index in [4.69, 9.17) is 17.3 Å². The summed E-state index contributed by atoms with van der Waals surface area (Å²) in [6, 6.07) is 5.49. The molecule has 1 aromatic heterocycles. The highest BCUT2D eigenvalue weighted by atomic mass is 35.5.